The highest BCUT2D eigenvalue weighted by Gasteiger charge is 2.20. The summed E-state index contributed by atoms with van der Waals surface area (Å²) in [6.07, 6.45) is 5.76. The van der Waals surface area contributed by atoms with E-state index in [0.717, 1.165) is 50.4 Å². The molecule has 7 heteroatoms. The van der Waals surface area contributed by atoms with Crippen LogP contribution in [0.4, 0.5) is 0 Å². The molecular weight excluding hydrogens is 428 g/mol. The highest BCUT2D eigenvalue weighted by atomic mass is 16.5. The lowest BCUT2D eigenvalue weighted by Crippen LogP contribution is -2.07. The molecule has 0 saturated carbocycles. The van der Waals surface area contributed by atoms with Gasteiger partial charge in [-0.2, -0.15) is 0 Å². The van der Waals surface area contributed by atoms with Gasteiger partial charge in [0, 0.05) is 35.3 Å². The molecule has 1 aromatic carbocycles. The van der Waals surface area contributed by atoms with E-state index in [9.17, 15) is 4.79 Å². The van der Waals surface area contributed by atoms with Crippen LogP contribution in [0.15, 0.2) is 71.6 Å². The molecule has 4 aromatic heterocycles. The fraction of sp³-hybridized carbons (Fsp3) is 0.185. The minimum absolute atomic E-state index is 0.0199. The zero-order valence-electron chi connectivity index (χ0n) is 19.4. The Labute approximate surface area is 197 Å². The van der Waals surface area contributed by atoms with Gasteiger partial charge < -0.3 is 13.8 Å². The minimum atomic E-state index is -0.361. The average molecular weight is 453 g/mol. The summed E-state index contributed by atoms with van der Waals surface area (Å²) in [4.78, 5) is 21.3. The first kappa shape index (κ1) is 21.6. The van der Waals surface area contributed by atoms with Gasteiger partial charge >= 0.3 is 5.97 Å². The van der Waals surface area contributed by atoms with Crippen molar-refractivity contribution in [2.24, 2.45) is 0 Å². The third kappa shape index (κ3) is 3.65. The molecule has 0 amide bonds. The first-order valence-corrected chi connectivity index (χ1v) is 11.0. The predicted molar refractivity (Wildman–Crippen MR) is 130 cm³/mol. The van der Waals surface area contributed by atoms with E-state index < -0.39 is 0 Å². The molecule has 1 unspecified atom stereocenters. The molecule has 5 rings (SSSR count). The van der Waals surface area contributed by atoms with Crippen LogP contribution in [-0.4, -0.2) is 32.8 Å². The average Bonchev–Trinajstić information content (AvgIpc) is 3.42. The van der Waals surface area contributed by atoms with Crippen LogP contribution in [0.25, 0.3) is 33.3 Å². The monoisotopic (exact) mass is 452 g/mol. The fourth-order valence-corrected chi connectivity index (χ4v) is 4.36. The van der Waals surface area contributed by atoms with E-state index in [1.807, 2.05) is 50.4 Å². The smallest absolute Gasteiger partial charge is 0.337 e. The van der Waals surface area contributed by atoms with Crippen molar-refractivity contribution < 1.29 is 14.1 Å². The van der Waals surface area contributed by atoms with Gasteiger partial charge in [0.05, 0.1) is 41.1 Å². The molecule has 5 aromatic rings. The van der Waals surface area contributed by atoms with E-state index in [1.165, 1.54) is 7.11 Å². The first-order valence-electron chi connectivity index (χ1n) is 11.0. The highest BCUT2D eigenvalue weighted by molar-refractivity contribution is 5.96. The zero-order chi connectivity index (χ0) is 23.8. The third-order valence-electron chi connectivity index (χ3n) is 6.14. The molecule has 0 saturated heterocycles. The Kier molecular flexibility index (Phi) is 5.45. The summed E-state index contributed by atoms with van der Waals surface area (Å²) in [6.45, 7) is 5.96. The Morgan fingerprint density at radius 2 is 1.85 bits per heavy atom. The summed E-state index contributed by atoms with van der Waals surface area (Å²) in [5, 5.41) is 4.10. The zero-order valence-corrected chi connectivity index (χ0v) is 19.4. The summed E-state index contributed by atoms with van der Waals surface area (Å²) in [5.41, 5.74) is 7.96. The standard InChI is InChI=1S/C27H24N4O3/c1-16-25(18(3)34-30-16)21-13-24-26(29-14-21)22(19-8-10-20(11-9-19)27(32)33-4)15-31(24)17(2)23-7-5-6-12-28-23/h5-15,17H,1-4H3. The van der Waals surface area contributed by atoms with Gasteiger partial charge in [0.25, 0.3) is 0 Å². The molecule has 0 spiro atoms. The maximum atomic E-state index is 11.9. The summed E-state index contributed by atoms with van der Waals surface area (Å²) in [5.74, 6) is 0.396. The second kappa shape index (κ2) is 8.59. The Morgan fingerprint density at radius 1 is 1.06 bits per heavy atom. The number of benzene rings is 1. The Bertz CT molecular complexity index is 1460. The van der Waals surface area contributed by atoms with Crippen molar-refractivity contribution in [3.05, 3.63) is 89.8 Å². The number of ether oxygens (including phenoxy) is 1. The highest BCUT2D eigenvalue weighted by Crippen LogP contribution is 2.36. The number of carbonyl (C=O) groups is 1. The largest absolute Gasteiger partial charge is 0.465 e. The maximum Gasteiger partial charge on any atom is 0.337 e. The molecule has 7 nitrogen and oxygen atoms in total. The molecule has 0 aliphatic rings. The normalized spacial score (nSPS) is 12.1. The van der Waals surface area contributed by atoms with Gasteiger partial charge in [-0.15, -0.1) is 0 Å². The number of methoxy groups -OCH3 is 1. The molecule has 0 radical (unpaired) electrons. The maximum absolute atomic E-state index is 11.9. The number of pyridine rings is 2. The Balaban J connectivity index is 1.70. The van der Waals surface area contributed by atoms with Crippen LogP contribution in [0.5, 0.6) is 0 Å². The van der Waals surface area contributed by atoms with Crippen molar-refractivity contribution >= 4 is 17.0 Å². The van der Waals surface area contributed by atoms with Crippen LogP contribution in [0.2, 0.25) is 0 Å². The number of esters is 1. The number of aryl methyl sites for hydroxylation is 2. The second-order valence-electron chi connectivity index (χ2n) is 8.24. The van der Waals surface area contributed by atoms with Gasteiger partial charge in [-0.25, -0.2) is 4.79 Å². The first-order chi connectivity index (χ1) is 16.5. The van der Waals surface area contributed by atoms with E-state index in [0.29, 0.717) is 5.56 Å². The molecular formula is C27H24N4O3. The number of rotatable bonds is 5. The van der Waals surface area contributed by atoms with Crippen LogP contribution in [-0.2, 0) is 4.74 Å². The number of nitrogens with zero attached hydrogens (tertiary/aromatic N) is 4. The van der Waals surface area contributed by atoms with Crippen molar-refractivity contribution in [3.63, 3.8) is 0 Å². The van der Waals surface area contributed by atoms with Crippen molar-refractivity contribution in [1.82, 2.24) is 19.7 Å². The van der Waals surface area contributed by atoms with Crippen LogP contribution in [0, 0.1) is 13.8 Å². The SMILES string of the molecule is COC(=O)c1ccc(-c2cn(C(C)c3ccccn3)c3cc(-c4c(C)noc4C)cnc23)cc1. The number of fused-ring (bicyclic) bond motifs is 1. The van der Waals surface area contributed by atoms with Gasteiger partial charge in [0.1, 0.15) is 5.76 Å². The summed E-state index contributed by atoms with van der Waals surface area (Å²) >= 11 is 0. The van der Waals surface area contributed by atoms with E-state index in [2.05, 4.69) is 33.9 Å². The topological polar surface area (TPSA) is 83.0 Å². The lowest BCUT2D eigenvalue weighted by atomic mass is 10.0. The number of hydrogen-bond acceptors (Lipinski definition) is 6. The Morgan fingerprint density at radius 3 is 2.50 bits per heavy atom. The predicted octanol–water partition coefficient (Wildman–Crippen LogP) is 5.77. The van der Waals surface area contributed by atoms with Gasteiger partial charge in [-0.1, -0.05) is 23.4 Å². The van der Waals surface area contributed by atoms with Gasteiger partial charge in [0.15, 0.2) is 0 Å². The summed E-state index contributed by atoms with van der Waals surface area (Å²) < 4.78 is 12.4. The second-order valence-corrected chi connectivity index (χ2v) is 8.24. The van der Waals surface area contributed by atoms with Crippen molar-refractivity contribution in [3.8, 4) is 22.3 Å². The van der Waals surface area contributed by atoms with Crippen molar-refractivity contribution in [2.45, 2.75) is 26.8 Å². The van der Waals surface area contributed by atoms with Crippen molar-refractivity contribution in [2.75, 3.05) is 7.11 Å². The molecule has 0 N–H and O–H groups in total. The number of hydrogen-bond donors (Lipinski definition) is 0. The molecule has 0 fully saturated rings. The van der Waals surface area contributed by atoms with Crippen LogP contribution in [0.3, 0.4) is 0 Å². The lowest BCUT2D eigenvalue weighted by Gasteiger charge is -2.15. The quantitative estimate of drug-likeness (QED) is 0.315. The van der Waals surface area contributed by atoms with E-state index in [-0.39, 0.29) is 12.0 Å². The van der Waals surface area contributed by atoms with Gasteiger partial charge in [-0.05, 0) is 56.7 Å². The van der Waals surface area contributed by atoms with E-state index in [4.69, 9.17) is 14.2 Å². The van der Waals surface area contributed by atoms with E-state index in [1.54, 1.807) is 18.3 Å². The molecule has 34 heavy (non-hydrogen) atoms. The van der Waals surface area contributed by atoms with Gasteiger partial charge in [-0.3, -0.25) is 9.97 Å². The third-order valence-corrected chi connectivity index (χ3v) is 6.14. The van der Waals surface area contributed by atoms with Gasteiger partial charge in [0.2, 0.25) is 0 Å². The van der Waals surface area contributed by atoms with Crippen LogP contribution < -0.4 is 0 Å². The van der Waals surface area contributed by atoms with Crippen LogP contribution in [0.1, 0.15) is 40.5 Å². The molecule has 1 atom stereocenters. The number of carbonyl (C=O) groups excluding carboxylic acids is 1. The molecule has 0 bridgehead atoms. The molecule has 0 aliphatic heterocycles. The molecule has 0 aliphatic carbocycles. The molecule has 4 heterocycles. The fourth-order valence-electron chi connectivity index (χ4n) is 4.36. The summed E-state index contributed by atoms with van der Waals surface area (Å²) in [7, 11) is 1.38. The minimum Gasteiger partial charge on any atom is -0.465 e. The summed E-state index contributed by atoms with van der Waals surface area (Å²) in [6, 6.07) is 15.4. The molecule has 170 valence electrons. The van der Waals surface area contributed by atoms with Crippen LogP contribution >= 0.6 is 0 Å². The van der Waals surface area contributed by atoms with E-state index >= 15 is 0 Å². The Hall–Kier alpha value is -4.26. The van der Waals surface area contributed by atoms with Crippen molar-refractivity contribution in [1.29, 1.82) is 0 Å². The lowest BCUT2D eigenvalue weighted by molar-refractivity contribution is 0.0600. The number of aromatic nitrogens is 4.